The number of halogens is 12. The van der Waals surface area contributed by atoms with E-state index in [1.54, 1.807) is 72.8 Å². The molecular weight excluding hydrogens is 2050 g/mol. The topological polar surface area (TPSA) is 80.9 Å². The van der Waals surface area contributed by atoms with Crippen molar-refractivity contribution in [2.75, 3.05) is 0 Å². The summed E-state index contributed by atoms with van der Waals surface area (Å²) in [4.78, 5) is 0. The second-order valence-electron chi connectivity index (χ2n) is 34.3. The van der Waals surface area contributed by atoms with Crippen molar-refractivity contribution in [3.05, 3.63) is 285 Å². The zero-order valence-corrected chi connectivity index (χ0v) is 88.9. The molecule has 6 aliphatic rings. The van der Waals surface area contributed by atoms with Crippen LogP contribution in [0, 0.1) is 143 Å². The third-order valence-electron chi connectivity index (χ3n) is 26.1. The van der Waals surface area contributed by atoms with Crippen LogP contribution in [-0.2, 0) is 196 Å². The molecule has 0 unspecified atom stereocenters. The number of aryl methyl sites for hydroxylation is 2. The molecule has 6 fully saturated rings. The fourth-order valence-corrected chi connectivity index (χ4v) is 18.5. The van der Waals surface area contributed by atoms with E-state index in [2.05, 4.69) is 39.8 Å². The van der Waals surface area contributed by atoms with Crippen LogP contribution in [-0.4, -0.2) is 20.4 Å². The minimum Gasteiger partial charge on any atom is -0.505 e. The first-order valence-electron chi connectivity index (χ1n) is 42.3. The van der Waals surface area contributed by atoms with E-state index < -0.39 is 92.8 Å². The molecule has 646 valence electrons. The Bertz CT molecular complexity index is 4910. The number of rotatable bonds is 10. The summed E-state index contributed by atoms with van der Waals surface area (Å²) in [7, 11) is 0. The number of phenols is 4. The molecule has 4 N–H and O–H groups in total. The van der Waals surface area contributed by atoms with Gasteiger partial charge in [0, 0.05) is 225 Å². The summed E-state index contributed by atoms with van der Waals surface area (Å²) in [6, 6.07) is 51.2. The van der Waals surface area contributed by atoms with Crippen LogP contribution in [0.5, 0.6) is 23.0 Å². The summed E-state index contributed by atoms with van der Waals surface area (Å²) < 4.78 is 164. The van der Waals surface area contributed by atoms with Crippen molar-refractivity contribution in [2.24, 2.45) is 47.3 Å². The average molecular weight is 2160 g/mol. The largest absolute Gasteiger partial charge is 0.505 e. The van der Waals surface area contributed by atoms with Crippen LogP contribution in [0.1, 0.15) is 239 Å². The second-order valence-corrected chi connectivity index (χ2v) is 34.3. The van der Waals surface area contributed by atoms with Gasteiger partial charge < -0.3 is 20.4 Å². The van der Waals surface area contributed by atoms with Crippen LogP contribution in [0.15, 0.2) is 170 Å². The average Bonchev–Trinajstić information content (AvgIpc) is 0.820. The third kappa shape index (κ3) is 30.4. The molecule has 6 aliphatic carbocycles. The minimum atomic E-state index is -1.21. The Labute approximate surface area is 877 Å². The van der Waals surface area contributed by atoms with Gasteiger partial charge in [-0.25, -0.2) is 30.7 Å². The van der Waals surface area contributed by atoms with Gasteiger partial charge in [-0.15, -0.1) is 17.2 Å². The van der Waals surface area contributed by atoms with E-state index >= 15 is 0 Å². The Balaban J connectivity index is 0.000000263. The molecule has 6 saturated carbocycles. The number of aromatic hydroxyl groups is 4. The van der Waals surface area contributed by atoms with Gasteiger partial charge in [0.2, 0.25) is 23.3 Å². The minimum absolute atomic E-state index is 0. The van der Waals surface area contributed by atoms with E-state index in [0.717, 1.165) is 123 Å². The molecule has 0 spiro atoms. The predicted molar refractivity (Wildman–Crippen MR) is 446 cm³/mol. The summed E-state index contributed by atoms with van der Waals surface area (Å²) >= 11 is 0. The van der Waals surface area contributed by atoms with Gasteiger partial charge >= 0.3 is 0 Å². The van der Waals surface area contributed by atoms with E-state index in [0.29, 0.717) is 50.8 Å². The molecule has 0 aliphatic heterocycles. The van der Waals surface area contributed by atoms with Gasteiger partial charge in [0.1, 0.15) is 0 Å². The molecule has 22 heteroatoms. The Morgan fingerprint density at radius 1 is 0.234 bits per heavy atom. The van der Waals surface area contributed by atoms with Crippen LogP contribution in [0.4, 0.5) is 52.7 Å². The second kappa shape index (κ2) is 54.4. The SMILES string of the molecule is CC1CCC(C2CCC(c3cc[c-]c(F)c3F)CC2)CC1.CC1CCC(C2CCC(c3ccc(O)c(F)c3F)CC2)CC1.CC1CCC(c2ccc(-c3ccc(O)c(F)c3F)cc2)CC1.CC1CCC(c2ccc(O)c(F)c2F)CC1.Cc1ccc(-c2ccc(-c3cc[c-]cc3)c(F)c2F)cc1.Cc1ccc(-c2ccc(O)c(F)c2F)cc1.[Y].[Y].[Y].[Y].[Y].[Y]. The maximum absolute atomic E-state index is 14.4. The molecule has 0 aromatic heterocycles. The molecule has 0 heterocycles. The van der Waals surface area contributed by atoms with Gasteiger partial charge in [-0.1, -0.05) is 187 Å². The Kier molecular flexibility index (Phi) is 49.0. The van der Waals surface area contributed by atoms with Crippen molar-refractivity contribution in [1.82, 2.24) is 0 Å². The van der Waals surface area contributed by atoms with Gasteiger partial charge in [0.25, 0.3) is 0 Å². The van der Waals surface area contributed by atoms with Gasteiger partial charge in [-0.2, -0.15) is 60.0 Å². The van der Waals surface area contributed by atoms with Gasteiger partial charge in [0.15, 0.2) is 57.9 Å². The van der Waals surface area contributed by atoms with Crippen LogP contribution >= 0.6 is 0 Å². The normalized spacial score (nSPS) is 21.9. The van der Waals surface area contributed by atoms with Crippen molar-refractivity contribution in [3.8, 4) is 67.5 Å². The molecule has 10 aromatic rings. The standard InChI is InChI=1S/C19H26F2O.C19H20F2O.C19H25F2.C19H13F2.C13H16F2O.C13H10F2O.6Y/c2*1-12-2-4-13(5-3-12)14-6-8-15(9-7-14)16-10-11-17(22)19(21)18(16)20;1-13-5-7-14(8-6-13)15-9-11-16(12-10-15)17-3-2-4-18(20)19(17)21;1-13-7-9-15(10-8-13)17-12-11-16(18(20)19(17)21)14-5-3-2-4-6-14;2*1-8-2-4-9(5-3-8)10-6-7-11(16)13(15)12(10)14;;;;;;/h10-15,22H,2-9H2,1H3;6-13,22H,2-5H2,1H3;2-3,13-16H,5-12H2,1H3;3-12H,1H3;6-9,16H,2-5H2,1H3;2-7,16H,1H3;;;;;;/q;;2*-1;;;;;;;;. The van der Waals surface area contributed by atoms with E-state index in [4.69, 9.17) is 10.2 Å². The van der Waals surface area contributed by atoms with Crippen LogP contribution in [0.3, 0.4) is 0 Å². The predicted octanol–water partition coefficient (Wildman–Crippen LogP) is 30.3. The monoisotopic (exact) mass is 2160 g/mol. The molecule has 10 aromatic carbocycles. The van der Waals surface area contributed by atoms with E-state index in [1.165, 1.54) is 138 Å². The molecule has 4 nitrogen and oxygen atoms in total. The fourth-order valence-electron chi connectivity index (χ4n) is 18.5. The Morgan fingerprint density at radius 3 is 0.806 bits per heavy atom. The zero-order chi connectivity index (χ0) is 84.4. The maximum atomic E-state index is 14.4. The van der Waals surface area contributed by atoms with Crippen molar-refractivity contribution in [1.29, 1.82) is 0 Å². The summed E-state index contributed by atoms with van der Waals surface area (Å²) in [5, 5.41) is 36.5. The summed E-state index contributed by atoms with van der Waals surface area (Å²) in [6.07, 6.45) is 28.3. The smallest absolute Gasteiger partial charge is 0.200 e. The first-order chi connectivity index (χ1) is 56.6. The van der Waals surface area contributed by atoms with E-state index in [-0.39, 0.29) is 236 Å². The number of hydrogen-bond donors (Lipinski definition) is 4. The third-order valence-corrected chi connectivity index (χ3v) is 26.1. The number of hydrogen-bond acceptors (Lipinski definition) is 4. The quantitative estimate of drug-likeness (QED) is 0.0812. The van der Waals surface area contributed by atoms with Crippen molar-refractivity contribution in [3.63, 3.8) is 0 Å². The fraction of sp³-hybridized carbons (Fsp3) is 0.412. The van der Waals surface area contributed by atoms with Gasteiger partial charge in [0.05, 0.1) is 0 Å². The molecule has 0 amide bonds. The molecule has 16 rings (SSSR count). The van der Waals surface area contributed by atoms with E-state index in [1.807, 2.05) is 62.4 Å². The molecule has 124 heavy (non-hydrogen) atoms. The molecule has 0 bridgehead atoms. The molecule has 0 atom stereocenters. The maximum Gasteiger partial charge on any atom is 0.200 e. The molecular formula is C102H110F12O4Y6-2. The number of benzene rings is 10. The molecule has 0 saturated heterocycles. The summed E-state index contributed by atoms with van der Waals surface area (Å²) in [5.74, 6) is -6.46. The van der Waals surface area contributed by atoms with Crippen molar-refractivity contribution in [2.45, 2.75) is 219 Å². The summed E-state index contributed by atoms with van der Waals surface area (Å²) in [5.41, 5.74) is 8.23. The van der Waals surface area contributed by atoms with Crippen molar-refractivity contribution < 1.29 is 269 Å². The van der Waals surface area contributed by atoms with Gasteiger partial charge in [-0.3, -0.25) is 4.39 Å². The zero-order valence-electron chi connectivity index (χ0n) is 71.9. The van der Waals surface area contributed by atoms with E-state index in [9.17, 15) is 62.9 Å². The van der Waals surface area contributed by atoms with Crippen LogP contribution in [0.25, 0.3) is 44.5 Å². The first kappa shape index (κ1) is 112. The van der Waals surface area contributed by atoms with Crippen LogP contribution in [0.2, 0.25) is 0 Å². The first-order valence-corrected chi connectivity index (χ1v) is 42.3. The Hall–Kier alpha value is -2.82. The Morgan fingerprint density at radius 2 is 0.476 bits per heavy atom. The van der Waals surface area contributed by atoms with Crippen molar-refractivity contribution >= 4 is 0 Å². The van der Waals surface area contributed by atoms with Gasteiger partial charge in [-0.05, 0) is 263 Å². The number of phenolic OH excluding ortho intramolecular Hbond substituents is 4. The van der Waals surface area contributed by atoms with Crippen LogP contribution < -0.4 is 0 Å². The molecule has 6 radical (unpaired) electrons. The summed E-state index contributed by atoms with van der Waals surface area (Å²) in [6.45, 7) is 13.0.